The summed E-state index contributed by atoms with van der Waals surface area (Å²) in [6.45, 7) is 1.42. The smallest absolute Gasteiger partial charge is 0.320 e. The van der Waals surface area contributed by atoms with Crippen molar-refractivity contribution in [2.45, 2.75) is 25.4 Å². The molecule has 0 aromatic heterocycles. The van der Waals surface area contributed by atoms with Crippen molar-refractivity contribution in [1.82, 2.24) is 0 Å². The van der Waals surface area contributed by atoms with Gasteiger partial charge in [0.2, 0.25) is 0 Å². The second-order valence-corrected chi connectivity index (χ2v) is 4.34. The standard InChI is InChI=1S/C9H10ClNO2.C3H7NO2/c10-7-3-1-6(2-4-7)5-8(11)9(12)13;1-2(4)3(5)6/h1-4,8H,5,11H2,(H,12,13);2H,4H2,1H3,(H,5,6)/t8-;2-/m00/s1. The first kappa shape index (κ1) is 17.4. The minimum atomic E-state index is -0.991. The van der Waals surface area contributed by atoms with Gasteiger partial charge in [0, 0.05) is 5.02 Å². The van der Waals surface area contributed by atoms with Crippen LogP contribution in [-0.4, -0.2) is 34.2 Å². The van der Waals surface area contributed by atoms with E-state index in [9.17, 15) is 9.59 Å². The second-order valence-electron chi connectivity index (χ2n) is 3.90. The zero-order valence-corrected chi connectivity index (χ0v) is 11.2. The van der Waals surface area contributed by atoms with Crippen LogP contribution in [-0.2, 0) is 16.0 Å². The highest BCUT2D eigenvalue weighted by molar-refractivity contribution is 6.30. The van der Waals surface area contributed by atoms with Gasteiger partial charge < -0.3 is 21.7 Å². The molecule has 0 aliphatic rings. The van der Waals surface area contributed by atoms with Gasteiger partial charge in [-0.25, -0.2) is 0 Å². The fourth-order valence-electron chi connectivity index (χ4n) is 0.962. The number of carboxylic acid groups (broad SMARTS) is 2. The van der Waals surface area contributed by atoms with Crippen molar-refractivity contribution in [2.75, 3.05) is 0 Å². The molecule has 2 atom stereocenters. The Balaban J connectivity index is 0.000000459. The Morgan fingerprint density at radius 3 is 1.89 bits per heavy atom. The first-order valence-corrected chi connectivity index (χ1v) is 5.83. The lowest BCUT2D eigenvalue weighted by Gasteiger charge is -2.05. The molecule has 0 heterocycles. The maximum atomic E-state index is 10.4. The summed E-state index contributed by atoms with van der Waals surface area (Å²) in [6, 6.07) is 5.39. The number of carbonyl (C=O) groups is 2. The lowest BCUT2D eigenvalue weighted by Crippen LogP contribution is -2.32. The van der Waals surface area contributed by atoms with Crippen molar-refractivity contribution in [3.05, 3.63) is 34.9 Å². The lowest BCUT2D eigenvalue weighted by atomic mass is 10.1. The molecule has 0 saturated carbocycles. The Morgan fingerprint density at radius 1 is 1.16 bits per heavy atom. The maximum Gasteiger partial charge on any atom is 0.320 e. The van der Waals surface area contributed by atoms with Crippen LogP contribution in [0.15, 0.2) is 24.3 Å². The van der Waals surface area contributed by atoms with Crippen molar-refractivity contribution in [3.63, 3.8) is 0 Å². The summed E-state index contributed by atoms with van der Waals surface area (Å²) >= 11 is 5.66. The van der Waals surface area contributed by atoms with Crippen molar-refractivity contribution < 1.29 is 19.8 Å². The minimum absolute atomic E-state index is 0.326. The molecule has 6 N–H and O–H groups in total. The fourth-order valence-corrected chi connectivity index (χ4v) is 1.09. The van der Waals surface area contributed by atoms with Gasteiger partial charge in [-0.1, -0.05) is 23.7 Å². The molecule has 1 rings (SSSR count). The normalized spacial score (nSPS) is 12.8. The molecule has 0 aliphatic carbocycles. The number of aliphatic carboxylic acids is 2. The molecule has 0 bridgehead atoms. The van der Waals surface area contributed by atoms with Gasteiger partial charge in [-0.05, 0) is 31.0 Å². The zero-order valence-electron chi connectivity index (χ0n) is 10.4. The van der Waals surface area contributed by atoms with E-state index < -0.39 is 24.0 Å². The van der Waals surface area contributed by atoms with Crippen LogP contribution < -0.4 is 11.5 Å². The van der Waals surface area contributed by atoms with Gasteiger partial charge in [0.1, 0.15) is 12.1 Å². The molecule has 6 nitrogen and oxygen atoms in total. The van der Waals surface area contributed by atoms with Gasteiger partial charge >= 0.3 is 11.9 Å². The molecule has 0 radical (unpaired) electrons. The van der Waals surface area contributed by atoms with Crippen LogP contribution in [0, 0.1) is 0 Å². The predicted octanol–water partition coefficient (Wildman–Crippen LogP) is 0.713. The molecule has 0 unspecified atom stereocenters. The Morgan fingerprint density at radius 2 is 1.58 bits per heavy atom. The zero-order chi connectivity index (χ0) is 15.0. The largest absolute Gasteiger partial charge is 0.480 e. The van der Waals surface area contributed by atoms with Gasteiger partial charge in [0.05, 0.1) is 0 Å². The summed E-state index contributed by atoms with van der Waals surface area (Å²) in [7, 11) is 0. The average Bonchev–Trinajstić information content (AvgIpc) is 2.32. The van der Waals surface area contributed by atoms with Crippen LogP contribution in [0.2, 0.25) is 5.02 Å². The number of halogens is 1. The molecule has 0 amide bonds. The van der Waals surface area contributed by atoms with Crippen LogP contribution >= 0.6 is 11.6 Å². The highest BCUT2D eigenvalue weighted by atomic mass is 35.5. The van der Waals surface area contributed by atoms with E-state index in [1.807, 2.05) is 0 Å². The van der Waals surface area contributed by atoms with Gasteiger partial charge in [-0.3, -0.25) is 9.59 Å². The molecule has 1 aromatic carbocycles. The Bertz CT molecular complexity index is 420. The third-order valence-corrected chi connectivity index (χ3v) is 2.33. The number of hydrogen-bond donors (Lipinski definition) is 4. The quantitative estimate of drug-likeness (QED) is 0.646. The summed E-state index contributed by atoms with van der Waals surface area (Å²) < 4.78 is 0. The van der Waals surface area contributed by atoms with Crippen LogP contribution in [0.3, 0.4) is 0 Å². The molecule has 0 aliphatic heterocycles. The van der Waals surface area contributed by atoms with Crippen molar-refractivity contribution in [2.24, 2.45) is 11.5 Å². The van der Waals surface area contributed by atoms with E-state index in [4.69, 9.17) is 33.3 Å². The van der Waals surface area contributed by atoms with Crippen molar-refractivity contribution in [1.29, 1.82) is 0 Å². The summed E-state index contributed by atoms with van der Waals surface area (Å²) in [5.74, 6) is -1.95. The second kappa shape index (κ2) is 8.47. The molecule has 1 aromatic rings. The summed E-state index contributed by atoms with van der Waals surface area (Å²) in [6.07, 6.45) is 0.326. The van der Waals surface area contributed by atoms with E-state index in [-0.39, 0.29) is 0 Å². The number of carboxylic acids is 2. The fraction of sp³-hybridized carbons (Fsp3) is 0.333. The predicted molar refractivity (Wildman–Crippen MR) is 72.1 cm³/mol. The monoisotopic (exact) mass is 288 g/mol. The maximum absolute atomic E-state index is 10.4. The van der Waals surface area contributed by atoms with E-state index in [0.29, 0.717) is 11.4 Å². The molecule has 0 fully saturated rings. The average molecular weight is 289 g/mol. The summed E-state index contributed by atoms with van der Waals surface area (Å²) in [5, 5.41) is 17.0. The number of hydrogen-bond acceptors (Lipinski definition) is 4. The Hall–Kier alpha value is -1.63. The van der Waals surface area contributed by atoms with Gasteiger partial charge in [0.15, 0.2) is 0 Å². The third kappa shape index (κ3) is 8.15. The van der Waals surface area contributed by atoms with Gasteiger partial charge in [-0.15, -0.1) is 0 Å². The molecule has 19 heavy (non-hydrogen) atoms. The number of nitrogens with two attached hydrogens (primary N) is 2. The number of rotatable bonds is 4. The van der Waals surface area contributed by atoms with E-state index in [1.54, 1.807) is 24.3 Å². The van der Waals surface area contributed by atoms with E-state index in [0.717, 1.165) is 5.56 Å². The molecular formula is C12H17ClN2O4. The van der Waals surface area contributed by atoms with Crippen LogP contribution in [0.25, 0.3) is 0 Å². The summed E-state index contributed by atoms with van der Waals surface area (Å²) in [4.78, 5) is 20.0. The molecule has 0 spiro atoms. The molecule has 0 saturated heterocycles. The van der Waals surface area contributed by atoms with Crippen molar-refractivity contribution in [3.8, 4) is 0 Å². The summed E-state index contributed by atoms with van der Waals surface area (Å²) in [5.41, 5.74) is 11.1. The minimum Gasteiger partial charge on any atom is -0.480 e. The lowest BCUT2D eigenvalue weighted by molar-refractivity contribution is -0.139. The van der Waals surface area contributed by atoms with Crippen LogP contribution in [0.5, 0.6) is 0 Å². The molecule has 106 valence electrons. The van der Waals surface area contributed by atoms with E-state index in [2.05, 4.69) is 0 Å². The number of benzene rings is 1. The van der Waals surface area contributed by atoms with Crippen molar-refractivity contribution >= 4 is 23.5 Å². The van der Waals surface area contributed by atoms with E-state index >= 15 is 0 Å². The third-order valence-electron chi connectivity index (χ3n) is 2.08. The van der Waals surface area contributed by atoms with Crippen LogP contribution in [0.4, 0.5) is 0 Å². The highest BCUT2D eigenvalue weighted by Crippen LogP contribution is 2.10. The first-order valence-electron chi connectivity index (χ1n) is 5.45. The van der Waals surface area contributed by atoms with E-state index in [1.165, 1.54) is 6.92 Å². The van der Waals surface area contributed by atoms with Gasteiger partial charge in [-0.2, -0.15) is 0 Å². The molecule has 7 heteroatoms. The van der Waals surface area contributed by atoms with Crippen LogP contribution in [0.1, 0.15) is 12.5 Å². The topological polar surface area (TPSA) is 127 Å². The molecular weight excluding hydrogens is 272 g/mol. The van der Waals surface area contributed by atoms with Gasteiger partial charge in [0.25, 0.3) is 0 Å². The Kier molecular flexibility index (Phi) is 7.74. The SMILES string of the molecule is C[C@H](N)C(=O)O.N[C@@H](Cc1ccc(Cl)cc1)C(=O)O. The first-order chi connectivity index (χ1) is 8.73. The Labute approximate surface area is 116 Å². The highest BCUT2D eigenvalue weighted by Gasteiger charge is 2.11.